The fraction of sp³-hybridized carbons (Fsp3) is 0.333. The van der Waals surface area contributed by atoms with E-state index in [1.807, 2.05) is 13.8 Å². The van der Waals surface area contributed by atoms with Gasteiger partial charge >= 0.3 is 0 Å². The summed E-state index contributed by atoms with van der Waals surface area (Å²) >= 11 is 3.25. The Morgan fingerprint density at radius 2 is 2.11 bits per heavy atom. The predicted molar refractivity (Wildman–Crippen MR) is 38.0 cm³/mol. The molecule has 1 radical (unpaired) electrons. The fourth-order valence-corrected chi connectivity index (χ4v) is 0.705. The molecule has 9 heavy (non-hydrogen) atoms. The minimum atomic E-state index is 0.760. The number of nitrogens with zero attached hydrogens (tertiary/aromatic N) is 2. The molecule has 2 nitrogen and oxygen atoms in total. The van der Waals surface area contributed by atoms with Crippen molar-refractivity contribution in [1.82, 2.24) is 9.97 Å². The Hall–Kier alpha value is -0.440. The lowest BCUT2D eigenvalue weighted by Gasteiger charge is -1.94. The van der Waals surface area contributed by atoms with Crippen molar-refractivity contribution >= 4 is 15.9 Å². The maximum Gasteiger partial charge on any atom is 0.126 e. The van der Waals surface area contributed by atoms with Crippen LogP contribution in [0.15, 0.2) is 4.47 Å². The van der Waals surface area contributed by atoms with Gasteiger partial charge in [0.25, 0.3) is 0 Å². The Morgan fingerprint density at radius 3 is 2.56 bits per heavy atom. The van der Waals surface area contributed by atoms with Crippen LogP contribution in [0.5, 0.6) is 0 Å². The average Bonchev–Trinajstić information content (AvgIpc) is 1.80. The normalized spacial score (nSPS) is 9.67. The zero-order valence-corrected chi connectivity index (χ0v) is 6.86. The van der Waals surface area contributed by atoms with E-state index in [9.17, 15) is 0 Å². The van der Waals surface area contributed by atoms with E-state index in [4.69, 9.17) is 0 Å². The molecule has 0 aliphatic heterocycles. The highest BCUT2D eigenvalue weighted by atomic mass is 79.9. The van der Waals surface area contributed by atoms with Crippen molar-refractivity contribution in [1.29, 1.82) is 0 Å². The lowest BCUT2D eigenvalue weighted by atomic mass is 10.4. The van der Waals surface area contributed by atoms with E-state index in [1.54, 1.807) is 0 Å². The van der Waals surface area contributed by atoms with Crippen molar-refractivity contribution in [2.75, 3.05) is 0 Å². The van der Waals surface area contributed by atoms with Gasteiger partial charge in [-0.15, -0.1) is 0 Å². The maximum absolute atomic E-state index is 4.08. The summed E-state index contributed by atoms with van der Waals surface area (Å²) in [6.45, 7) is 3.76. The van der Waals surface area contributed by atoms with E-state index in [1.165, 1.54) is 0 Å². The summed E-state index contributed by atoms with van der Waals surface area (Å²) in [4.78, 5) is 7.94. The second-order valence-corrected chi connectivity index (χ2v) is 2.58. The number of aromatic nitrogens is 2. The van der Waals surface area contributed by atoms with E-state index < -0.39 is 0 Å². The van der Waals surface area contributed by atoms with Gasteiger partial charge in [-0.25, -0.2) is 9.97 Å². The molecule has 0 saturated heterocycles. The quantitative estimate of drug-likeness (QED) is 0.615. The van der Waals surface area contributed by atoms with Gasteiger partial charge in [-0.1, -0.05) is 0 Å². The third-order valence-corrected chi connectivity index (χ3v) is 1.71. The molecule has 1 aromatic rings. The monoisotopic (exact) mass is 185 g/mol. The molecule has 0 aromatic carbocycles. The summed E-state index contributed by atoms with van der Waals surface area (Å²) in [6.07, 6.45) is 2.77. The summed E-state index contributed by atoms with van der Waals surface area (Å²) in [6, 6.07) is 0. The van der Waals surface area contributed by atoms with E-state index in [0.29, 0.717) is 0 Å². The van der Waals surface area contributed by atoms with Crippen molar-refractivity contribution in [3.63, 3.8) is 0 Å². The third-order valence-electron chi connectivity index (χ3n) is 0.963. The van der Waals surface area contributed by atoms with E-state index in [-0.39, 0.29) is 0 Å². The van der Waals surface area contributed by atoms with Crippen LogP contribution in [-0.2, 0) is 0 Å². The van der Waals surface area contributed by atoms with Gasteiger partial charge in [0.1, 0.15) is 12.0 Å². The van der Waals surface area contributed by atoms with Crippen LogP contribution in [0.3, 0.4) is 0 Å². The molecular formula is C6H6BrN2. The predicted octanol–water partition coefficient (Wildman–Crippen LogP) is 1.66. The SMILES string of the molecule is Cc1n[c]c(Br)c(C)n1. The molecule has 0 bridgehead atoms. The number of halogens is 1. The van der Waals surface area contributed by atoms with Crippen LogP contribution in [0.1, 0.15) is 11.5 Å². The molecule has 0 unspecified atom stereocenters. The van der Waals surface area contributed by atoms with Crippen LogP contribution in [-0.4, -0.2) is 9.97 Å². The van der Waals surface area contributed by atoms with Gasteiger partial charge in [-0.05, 0) is 29.8 Å². The van der Waals surface area contributed by atoms with Gasteiger partial charge < -0.3 is 0 Å². The smallest absolute Gasteiger partial charge is 0.126 e. The van der Waals surface area contributed by atoms with Crippen molar-refractivity contribution in [3.05, 3.63) is 22.2 Å². The molecule has 1 aromatic heterocycles. The Bertz CT molecular complexity index is 222. The minimum Gasteiger partial charge on any atom is -0.237 e. The van der Waals surface area contributed by atoms with Crippen LogP contribution in [0.4, 0.5) is 0 Å². The van der Waals surface area contributed by atoms with Crippen molar-refractivity contribution < 1.29 is 0 Å². The molecule has 0 atom stereocenters. The van der Waals surface area contributed by atoms with Crippen molar-refractivity contribution in [2.24, 2.45) is 0 Å². The highest BCUT2D eigenvalue weighted by Crippen LogP contribution is 2.09. The van der Waals surface area contributed by atoms with E-state index in [0.717, 1.165) is 16.0 Å². The topological polar surface area (TPSA) is 25.8 Å². The summed E-state index contributed by atoms with van der Waals surface area (Å²) in [7, 11) is 0. The first-order valence-corrected chi connectivity index (χ1v) is 3.38. The number of hydrogen-bond donors (Lipinski definition) is 0. The molecule has 0 saturated carbocycles. The van der Waals surface area contributed by atoms with Crippen LogP contribution >= 0.6 is 15.9 Å². The highest BCUT2D eigenvalue weighted by molar-refractivity contribution is 9.10. The van der Waals surface area contributed by atoms with Gasteiger partial charge in [-0.3, -0.25) is 0 Å². The molecule has 0 aliphatic carbocycles. The number of hydrogen-bond acceptors (Lipinski definition) is 2. The number of rotatable bonds is 0. The summed E-state index contributed by atoms with van der Waals surface area (Å²) in [5, 5.41) is 0. The number of aryl methyl sites for hydroxylation is 2. The van der Waals surface area contributed by atoms with Gasteiger partial charge in [0.15, 0.2) is 0 Å². The molecule has 0 aliphatic rings. The summed E-state index contributed by atoms with van der Waals surface area (Å²) in [5.41, 5.74) is 0.933. The van der Waals surface area contributed by atoms with Crippen LogP contribution in [0, 0.1) is 20.0 Å². The Balaban J connectivity index is 3.17. The lowest BCUT2D eigenvalue weighted by molar-refractivity contribution is 0.992. The summed E-state index contributed by atoms with van der Waals surface area (Å²) < 4.78 is 0.841. The molecule has 3 heteroatoms. The zero-order valence-electron chi connectivity index (χ0n) is 5.27. The van der Waals surface area contributed by atoms with E-state index in [2.05, 4.69) is 32.1 Å². The van der Waals surface area contributed by atoms with Gasteiger partial charge in [-0.2, -0.15) is 0 Å². The highest BCUT2D eigenvalue weighted by Gasteiger charge is 1.94. The largest absolute Gasteiger partial charge is 0.237 e. The first-order chi connectivity index (χ1) is 4.20. The minimum absolute atomic E-state index is 0.760. The molecular weight excluding hydrogens is 180 g/mol. The Morgan fingerprint density at radius 1 is 1.44 bits per heavy atom. The third kappa shape index (κ3) is 1.48. The van der Waals surface area contributed by atoms with E-state index >= 15 is 0 Å². The van der Waals surface area contributed by atoms with Gasteiger partial charge in [0.2, 0.25) is 0 Å². The molecule has 0 amide bonds. The first-order valence-electron chi connectivity index (χ1n) is 2.58. The molecule has 0 N–H and O–H groups in total. The second-order valence-electron chi connectivity index (χ2n) is 1.78. The van der Waals surface area contributed by atoms with Crippen molar-refractivity contribution in [2.45, 2.75) is 13.8 Å². The van der Waals surface area contributed by atoms with Crippen LogP contribution < -0.4 is 0 Å². The lowest BCUT2D eigenvalue weighted by Crippen LogP contribution is -1.90. The first kappa shape index (κ1) is 6.68. The molecule has 0 spiro atoms. The molecule has 0 fully saturated rings. The van der Waals surface area contributed by atoms with Gasteiger partial charge in [0, 0.05) is 0 Å². The molecule has 1 heterocycles. The Kier molecular flexibility index (Phi) is 1.81. The maximum atomic E-state index is 4.08. The molecule has 47 valence electrons. The zero-order chi connectivity index (χ0) is 6.85. The Labute approximate surface area is 62.5 Å². The molecule has 1 rings (SSSR count). The standard InChI is InChI=1S/C6H6BrN2/c1-4-6(7)3-8-5(2)9-4/h1-2H3. The summed E-state index contributed by atoms with van der Waals surface area (Å²) in [5.74, 6) is 0.760. The fourth-order valence-electron chi connectivity index (χ4n) is 0.528. The van der Waals surface area contributed by atoms with Crippen LogP contribution in [0.2, 0.25) is 0 Å². The average molecular weight is 186 g/mol. The second kappa shape index (κ2) is 2.43. The van der Waals surface area contributed by atoms with Crippen molar-refractivity contribution in [3.8, 4) is 0 Å². The van der Waals surface area contributed by atoms with Gasteiger partial charge in [0.05, 0.1) is 10.2 Å². The van der Waals surface area contributed by atoms with Crippen LogP contribution in [0.25, 0.3) is 0 Å².